The number of hydrogen-bond donors (Lipinski definition) is 2. The van der Waals surface area contributed by atoms with Gasteiger partial charge in [-0.3, -0.25) is 4.79 Å². The highest BCUT2D eigenvalue weighted by Gasteiger charge is 2.42. The van der Waals surface area contributed by atoms with Gasteiger partial charge >= 0.3 is 5.97 Å². The van der Waals surface area contributed by atoms with Crippen molar-refractivity contribution in [1.82, 2.24) is 5.32 Å². The van der Waals surface area contributed by atoms with Crippen LogP contribution in [0.1, 0.15) is 30.1 Å². The fourth-order valence-corrected chi connectivity index (χ4v) is 2.47. The Kier molecular flexibility index (Phi) is 5.29. The van der Waals surface area contributed by atoms with E-state index in [9.17, 15) is 14.9 Å². The van der Waals surface area contributed by atoms with Crippen LogP contribution < -0.4 is 15.4 Å². The Bertz CT molecular complexity index is 679. The quantitative estimate of drug-likeness (QED) is 0.738. The Morgan fingerprint density at radius 1 is 1.38 bits per heavy atom. The van der Waals surface area contributed by atoms with Gasteiger partial charge in [-0.25, -0.2) is 4.79 Å². The molecule has 1 atom stereocenters. The lowest BCUT2D eigenvalue weighted by molar-refractivity contribution is -0.120. The van der Waals surface area contributed by atoms with Gasteiger partial charge in [0, 0.05) is 5.69 Å². The summed E-state index contributed by atoms with van der Waals surface area (Å²) < 4.78 is 9.84. The van der Waals surface area contributed by atoms with Gasteiger partial charge in [0.15, 0.2) is 0 Å². The van der Waals surface area contributed by atoms with Crippen LogP contribution in [0.25, 0.3) is 0 Å². The average molecular weight is 331 g/mol. The SMILES string of the molecule is COC(=O)c1cc(OC)ccc1NCC(=O)N[C@@](C)(C#N)C1CC1. The van der Waals surface area contributed by atoms with Crippen LogP contribution in [-0.2, 0) is 9.53 Å². The highest BCUT2D eigenvalue weighted by Crippen LogP contribution is 2.39. The Morgan fingerprint density at radius 3 is 2.62 bits per heavy atom. The number of ether oxygens (including phenoxy) is 2. The Balaban J connectivity index is 2.04. The molecule has 1 aromatic carbocycles. The van der Waals surface area contributed by atoms with Crippen molar-refractivity contribution in [2.75, 3.05) is 26.1 Å². The molecule has 1 amide bonds. The maximum Gasteiger partial charge on any atom is 0.340 e. The molecule has 1 saturated carbocycles. The lowest BCUT2D eigenvalue weighted by Gasteiger charge is -2.23. The third kappa shape index (κ3) is 3.96. The number of hydrogen-bond acceptors (Lipinski definition) is 6. The number of nitrogens with zero attached hydrogens (tertiary/aromatic N) is 1. The highest BCUT2D eigenvalue weighted by molar-refractivity contribution is 5.96. The molecule has 0 radical (unpaired) electrons. The summed E-state index contributed by atoms with van der Waals surface area (Å²) in [4.78, 5) is 24.0. The summed E-state index contributed by atoms with van der Waals surface area (Å²) >= 11 is 0. The molecule has 7 nitrogen and oxygen atoms in total. The summed E-state index contributed by atoms with van der Waals surface area (Å²) in [6.07, 6.45) is 1.89. The molecule has 1 aliphatic carbocycles. The lowest BCUT2D eigenvalue weighted by Crippen LogP contribution is -2.48. The van der Waals surface area contributed by atoms with E-state index in [4.69, 9.17) is 9.47 Å². The maximum absolute atomic E-state index is 12.1. The van der Waals surface area contributed by atoms with E-state index >= 15 is 0 Å². The second kappa shape index (κ2) is 7.21. The van der Waals surface area contributed by atoms with Crippen molar-refractivity contribution in [3.8, 4) is 11.8 Å². The molecule has 0 saturated heterocycles. The number of esters is 1. The van der Waals surface area contributed by atoms with Gasteiger partial charge in [-0.1, -0.05) is 0 Å². The molecule has 0 aromatic heterocycles. The second-order valence-corrected chi connectivity index (χ2v) is 5.89. The van der Waals surface area contributed by atoms with E-state index < -0.39 is 11.5 Å². The molecule has 7 heteroatoms. The number of nitriles is 1. The fourth-order valence-electron chi connectivity index (χ4n) is 2.47. The molecular formula is C17H21N3O4. The summed E-state index contributed by atoms with van der Waals surface area (Å²) in [5, 5.41) is 14.9. The summed E-state index contributed by atoms with van der Waals surface area (Å²) in [7, 11) is 2.78. The Morgan fingerprint density at radius 2 is 2.08 bits per heavy atom. The number of carbonyl (C=O) groups is 2. The fraction of sp³-hybridized carbons (Fsp3) is 0.471. The average Bonchev–Trinajstić information content (AvgIpc) is 3.44. The van der Waals surface area contributed by atoms with Gasteiger partial charge in [0.25, 0.3) is 0 Å². The van der Waals surface area contributed by atoms with Gasteiger partial charge in [0.2, 0.25) is 5.91 Å². The molecule has 1 aliphatic rings. The number of benzene rings is 1. The number of rotatable bonds is 7. The standard InChI is InChI=1S/C17H21N3O4/c1-17(10-18,11-4-5-11)20-15(21)9-19-14-7-6-12(23-2)8-13(14)16(22)24-3/h6-8,11,19H,4-5,9H2,1-3H3,(H,20,21)/t17-/m0/s1. The second-order valence-electron chi connectivity index (χ2n) is 5.89. The van der Waals surface area contributed by atoms with Crippen molar-refractivity contribution in [3.05, 3.63) is 23.8 Å². The first-order chi connectivity index (χ1) is 11.4. The van der Waals surface area contributed by atoms with E-state index in [1.807, 2.05) is 0 Å². The lowest BCUT2D eigenvalue weighted by atomic mass is 9.98. The molecule has 2 N–H and O–H groups in total. The van der Waals surface area contributed by atoms with E-state index in [0.717, 1.165) is 12.8 Å². The third-order valence-corrected chi connectivity index (χ3v) is 4.10. The van der Waals surface area contributed by atoms with Gasteiger partial charge in [-0.05, 0) is 43.9 Å². The summed E-state index contributed by atoms with van der Waals surface area (Å²) in [6.45, 7) is 1.68. The summed E-state index contributed by atoms with van der Waals surface area (Å²) in [5.41, 5.74) is -0.109. The first-order valence-corrected chi connectivity index (χ1v) is 7.66. The number of carbonyl (C=O) groups excluding carboxylic acids is 2. The predicted molar refractivity (Wildman–Crippen MR) is 87.7 cm³/mol. The monoisotopic (exact) mass is 331 g/mol. The van der Waals surface area contributed by atoms with E-state index in [1.54, 1.807) is 19.1 Å². The van der Waals surface area contributed by atoms with Crippen molar-refractivity contribution in [3.63, 3.8) is 0 Å². The smallest absolute Gasteiger partial charge is 0.340 e. The van der Waals surface area contributed by atoms with Gasteiger partial charge in [-0.15, -0.1) is 0 Å². The zero-order chi connectivity index (χ0) is 17.7. The van der Waals surface area contributed by atoms with Gasteiger partial charge < -0.3 is 20.1 Å². The van der Waals surface area contributed by atoms with E-state index in [-0.39, 0.29) is 23.9 Å². The van der Waals surface area contributed by atoms with Gasteiger partial charge in [0.05, 0.1) is 32.4 Å². The molecule has 0 aliphatic heterocycles. The molecule has 0 spiro atoms. The maximum atomic E-state index is 12.1. The molecule has 0 heterocycles. The molecule has 128 valence electrons. The number of amides is 1. The molecule has 0 unspecified atom stereocenters. The van der Waals surface area contributed by atoms with Crippen molar-refractivity contribution < 1.29 is 19.1 Å². The van der Waals surface area contributed by atoms with Crippen molar-refractivity contribution >= 4 is 17.6 Å². The van der Waals surface area contributed by atoms with Crippen LogP contribution in [0, 0.1) is 17.2 Å². The third-order valence-electron chi connectivity index (χ3n) is 4.10. The predicted octanol–water partition coefficient (Wildman–Crippen LogP) is 1.70. The van der Waals surface area contributed by atoms with E-state index in [0.29, 0.717) is 11.4 Å². The Labute approximate surface area is 140 Å². The van der Waals surface area contributed by atoms with Crippen molar-refractivity contribution in [2.45, 2.75) is 25.3 Å². The molecule has 0 bridgehead atoms. The minimum absolute atomic E-state index is 0.0552. The zero-order valence-corrected chi connectivity index (χ0v) is 14.0. The molecule has 1 aromatic rings. The van der Waals surface area contributed by atoms with Gasteiger partial charge in [-0.2, -0.15) is 5.26 Å². The largest absolute Gasteiger partial charge is 0.497 e. The van der Waals surface area contributed by atoms with Crippen LogP contribution in [0.5, 0.6) is 5.75 Å². The van der Waals surface area contributed by atoms with Crippen LogP contribution in [0.15, 0.2) is 18.2 Å². The molecule has 2 rings (SSSR count). The number of nitrogens with one attached hydrogen (secondary N) is 2. The van der Waals surface area contributed by atoms with Crippen LogP contribution >= 0.6 is 0 Å². The topological polar surface area (TPSA) is 100 Å². The van der Waals surface area contributed by atoms with Crippen LogP contribution in [0.3, 0.4) is 0 Å². The van der Waals surface area contributed by atoms with Crippen molar-refractivity contribution in [2.24, 2.45) is 5.92 Å². The van der Waals surface area contributed by atoms with Crippen LogP contribution in [0.2, 0.25) is 0 Å². The van der Waals surface area contributed by atoms with Crippen molar-refractivity contribution in [1.29, 1.82) is 5.26 Å². The molecular weight excluding hydrogens is 310 g/mol. The minimum Gasteiger partial charge on any atom is -0.497 e. The summed E-state index contributed by atoms with van der Waals surface area (Å²) in [5.74, 6) is -0.122. The summed E-state index contributed by atoms with van der Waals surface area (Å²) in [6, 6.07) is 7.03. The molecule has 1 fully saturated rings. The Hall–Kier alpha value is -2.75. The first-order valence-electron chi connectivity index (χ1n) is 7.66. The normalized spacial score (nSPS) is 15.6. The first kappa shape index (κ1) is 17.6. The zero-order valence-electron chi connectivity index (χ0n) is 14.0. The number of anilines is 1. The van der Waals surface area contributed by atoms with Gasteiger partial charge in [0.1, 0.15) is 11.3 Å². The molecule has 24 heavy (non-hydrogen) atoms. The van der Waals surface area contributed by atoms with E-state index in [1.165, 1.54) is 20.3 Å². The van der Waals surface area contributed by atoms with Crippen LogP contribution in [-0.4, -0.2) is 38.2 Å². The minimum atomic E-state index is -0.843. The van der Waals surface area contributed by atoms with E-state index in [2.05, 4.69) is 16.7 Å². The highest BCUT2D eigenvalue weighted by atomic mass is 16.5. The number of methoxy groups -OCH3 is 2. The van der Waals surface area contributed by atoms with Crippen LogP contribution in [0.4, 0.5) is 5.69 Å².